The van der Waals surface area contributed by atoms with E-state index in [1.54, 1.807) is 11.1 Å². The van der Waals surface area contributed by atoms with Gasteiger partial charge in [-0.05, 0) is 210 Å². The molecule has 11 aromatic rings. The number of hydrogen-bond donors (Lipinski definition) is 0. The summed E-state index contributed by atoms with van der Waals surface area (Å²) in [5.74, 6) is 0. The van der Waals surface area contributed by atoms with E-state index in [2.05, 4.69) is 284 Å². The topological polar surface area (TPSA) is 6.48 Å². The van der Waals surface area contributed by atoms with Crippen LogP contribution in [0.4, 0.5) is 34.1 Å². The minimum atomic E-state index is 1.08. The molecular weight excluding hydrogens is 1030 g/mol. The molecule has 2 aromatic heterocycles. The monoisotopic (exact) mass is 1110 g/mol. The van der Waals surface area contributed by atoms with Gasteiger partial charge in [0.1, 0.15) is 0 Å². The first-order valence-corrected chi connectivity index (χ1v) is 31.8. The zero-order chi connectivity index (χ0) is 57.0. The van der Waals surface area contributed by atoms with E-state index < -0.39 is 0 Å². The SMILES string of the molecule is CCCCCCc1c(CCCCCC)c2sc(-c3cc(C)c(N(c4ccc(C)cc4)c4ccc(C)cc4)cc3C)c(-c3ccccc3)c2c2c(-c3ccccc3)c(-c3cc(C)c(N(c4ccc(C)cc4)c4ccc(C)cc4)cc3C)sc12. The second-order valence-corrected chi connectivity index (χ2v) is 25.3. The summed E-state index contributed by atoms with van der Waals surface area (Å²) in [4.78, 5) is 7.63. The van der Waals surface area contributed by atoms with E-state index in [0.717, 1.165) is 35.6 Å². The van der Waals surface area contributed by atoms with Crippen LogP contribution in [0.25, 0.3) is 63.3 Å². The van der Waals surface area contributed by atoms with Crippen LogP contribution in [-0.2, 0) is 12.8 Å². The molecule has 0 aliphatic rings. The third-order valence-corrected chi connectivity index (χ3v) is 19.5. The second kappa shape index (κ2) is 24.9. The van der Waals surface area contributed by atoms with Gasteiger partial charge in [0.25, 0.3) is 0 Å². The van der Waals surface area contributed by atoms with Crippen LogP contribution in [0.5, 0.6) is 0 Å². The van der Waals surface area contributed by atoms with Crippen molar-refractivity contribution in [3.63, 3.8) is 0 Å². The molecule has 0 N–H and O–H groups in total. The average Bonchev–Trinajstić information content (AvgIpc) is 2.08. The van der Waals surface area contributed by atoms with Crippen molar-refractivity contribution in [2.75, 3.05) is 9.80 Å². The fraction of sp³-hybridized carbons (Fsp3) is 0.256. The fourth-order valence-corrected chi connectivity index (χ4v) is 15.4. The predicted molar refractivity (Wildman–Crippen MR) is 362 cm³/mol. The van der Waals surface area contributed by atoms with Gasteiger partial charge in [-0.1, -0.05) is 184 Å². The van der Waals surface area contributed by atoms with Crippen LogP contribution in [0.2, 0.25) is 0 Å². The van der Waals surface area contributed by atoms with Gasteiger partial charge in [-0.3, -0.25) is 0 Å². The summed E-state index contributed by atoms with van der Waals surface area (Å²) in [6.45, 7) is 22.7. The Morgan fingerprint density at radius 3 is 0.951 bits per heavy atom. The van der Waals surface area contributed by atoms with E-state index in [1.165, 1.54) is 171 Å². The molecule has 0 saturated carbocycles. The van der Waals surface area contributed by atoms with E-state index >= 15 is 0 Å². The molecule has 4 heteroatoms. The lowest BCUT2D eigenvalue weighted by atomic mass is 9.86. The zero-order valence-electron chi connectivity index (χ0n) is 50.1. The van der Waals surface area contributed by atoms with Gasteiger partial charge in [0, 0.05) is 75.2 Å². The smallest absolute Gasteiger partial charge is 0.0493 e. The highest BCUT2D eigenvalue weighted by atomic mass is 32.1. The Balaban J connectivity index is 1.22. The van der Waals surface area contributed by atoms with Crippen molar-refractivity contribution in [1.29, 1.82) is 0 Å². The maximum Gasteiger partial charge on any atom is 0.0493 e. The molecule has 0 fully saturated rings. The maximum atomic E-state index is 2.52. The molecule has 2 nitrogen and oxygen atoms in total. The Morgan fingerprint density at radius 2 is 0.646 bits per heavy atom. The number of aryl methyl sites for hydroxylation is 10. The molecule has 2 heterocycles. The van der Waals surface area contributed by atoms with Gasteiger partial charge >= 0.3 is 0 Å². The molecule has 0 aliphatic heterocycles. The summed E-state index contributed by atoms with van der Waals surface area (Å²) in [5, 5.41) is 2.84. The quantitative estimate of drug-likeness (QED) is 0.0702. The summed E-state index contributed by atoms with van der Waals surface area (Å²) in [6, 6.07) is 68.9. The predicted octanol–water partition coefficient (Wildman–Crippen LogP) is 24.4. The molecule has 414 valence electrons. The molecule has 0 aliphatic carbocycles. The highest BCUT2D eigenvalue weighted by Crippen LogP contribution is 2.58. The van der Waals surface area contributed by atoms with E-state index in [4.69, 9.17) is 0 Å². The second-order valence-electron chi connectivity index (χ2n) is 23.3. The van der Waals surface area contributed by atoms with Crippen LogP contribution < -0.4 is 9.80 Å². The number of unbranched alkanes of at least 4 members (excludes halogenated alkanes) is 6. The van der Waals surface area contributed by atoms with Crippen molar-refractivity contribution in [3.8, 4) is 43.1 Å². The van der Waals surface area contributed by atoms with Crippen LogP contribution in [0.15, 0.2) is 182 Å². The third kappa shape index (κ3) is 11.4. The molecule has 0 unspecified atom stereocenters. The lowest BCUT2D eigenvalue weighted by Gasteiger charge is -2.28. The average molecular weight is 1110 g/mol. The number of nitrogens with zero attached hydrogens (tertiary/aromatic N) is 2. The summed E-state index contributed by atoms with van der Waals surface area (Å²) in [7, 11) is 0. The van der Waals surface area contributed by atoms with Gasteiger partial charge < -0.3 is 9.80 Å². The molecule has 0 spiro atoms. The number of rotatable bonds is 20. The van der Waals surface area contributed by atoms with Gasteiger partial charge in [0.15, 0.2) is 0 Å². The normalized spacial score (nSPS) is 11.5. The maximum absolute atomic E-state index is 2.52. The Morgan fingerprint density at radius 1 is 0.329 bits per heavy atom. The number of hydrogen-bond acceptors (Lipinski definition) is 4. The van der Waals surface area contributed by atoms with Gasteiger partial charge in [-0.15, -0.1) is 22.7 Å². The number of fused-ring (bicyclic) bond motifs is 3. The van der Waals surface area contributed by atoms with E-state index in [9.17, 15) is 0 Å². The van der Waals surface area contributed by atoms with Crippen molar-refractivity contribution in [2.24, 2.45) is 0 Å². The molecule has 0 saturated heterocycles. The van der Waals surface area contributed by atoms with Crippen LogP contribution >= 0.6 is 22.7 Å². The van der Waals surface area contributed by atoms with Gasteiger partial charge in [-0.2, -0.15) is 0 Å². The van der Waals surface area contributed by atoms with Crippen LogP contribution in [-0.4, -0.2) is 0 Å². The molecule has 0 atom stereocenters. The van der Waals surface area contributed by atoms with Crippen LogP contribution in [0.3, 0.4) is 0 Å². The van der Waals surface area contributed by atoms with Gasteiger partial charge in [0.2, 0.25) is 0 Å². The zero-order valence-corrected chi connectivity index (χ0v) is 51.7. The number of benzene rings is 9. The minimum absolute atomic E-state index is 1.08. The Kier molecular flexibility index (Phi) is 17.1. The summed E-state index contributed by atoms with van der Waals surface area (Å²) >= 11 is 4.14. The van der Waals surface area contributed by atoms with E-state index in [-0.39, 0.29) is 0 Å². The summed E-state index contributed by atoms with van der Waals surface area (Å²) < 4.78 is 2.95. The number of thiophene rings is 2. The molecule has 0 radical (unpaired) electrons. The first-order valence-electron chi connectivity index (χ1n) is 30.2. The van der Waals surface area contributed by atoms with Crippen molar-refractivity contribution < 1.29 is 0 Å². The molecular formula is C78H80N2S2. The highest BCUT2D eigenvalue weighted by Gasteiger charge is 2.31. The molecule has 9 aromatic carbocycles. The number of anilines is 6. The first-order chi connectivity index (χ1) is 39.9. The lowest BCUT2D eigenvalue weighted by Crippen LogP contribution is -2.12. The highest BCUT2D eigenvalue weighted by molar-refractivity contribution is 7.25. The van der Waals surface area contributed by atoms with Crippen molar-refractivity contribution in [2.45, 2.75) is 133 Å². The molecule has 11 rings (SSSR count). The Hall–Kier alpha value is -7.50. The summed E-state index contributed by atoms with van der Waals surface area (Å²) in [6.07, 6.45) is 12.0. The first kappa shape index (κ1) is 56.4. The molecule has 0 bridgehead atoms. The lowest BCUT2D eigenvalue weighted by molar-refractivity contribution is 0.654. The fourth-order valence-electron chi connectivity index (χ4n) is 12.4. The molecule has 82 heavy (non-hydrogen) atoms. The van der Waals surface area contributed by atoms with Gasteiger partial charge in [0.05, 0.1) is 0 Å². The molecule has 0 amide bonds. The van der Waals surface area contributed by atoms with E-state index in [0.29, 0.717) is 0 Å². The van der Waals surface area contributed by atoms with Gasteiger partial charge in [-0.25, -0.2) is 0 Å². The van der Waals surface area contributed by atoms with E-state index in [1.807, 2.05) is 0 Å². The van der Waals surface area contributed by atoms with Crippen molar-refractivity contribution >= 4 is 77.0 Å². The third-order valence-electron chi connectivity index (χ3n) is 16.9. The Bertz CT molecular complexity index is 3640. The van der Waals surface area contributed by atoms with Crippen molar-refractivity contribution in [3.05, 3.63) is 238 Å². The van der Waals surface area contributed by atoms with Crippen LogP contribution in [0.1, 0.15) is 121 Å². The summed E-state index contributed by atoms with van der Waals surface area (Å²) in [5.41, 5.74) is 28.2. The minimum Gasteiger partial charge on any atom is -0.310 e. The van der Waals surface area contributed by atoms with Crippen LogP contribution in [0, 0.1) is 55.4 Å². The standard InChI is InChI=1S/C78H80N2S2/c1-11-13-15-23-29-65-66(30-24-16-14-12-2)76-74(72(60-27-21-18-22-28-60)78(82-76)68-48-58(10)70(50-56(68)8)80(63-43-35-53(5)36-44-63)64-45-37-54(6)38-46-64)73-71(59-25-19-17-20-26-59)77(81-75(65)73)67-47-57(9)69(49-55(67)7)79(61-39-31-51(3)32-40-61)62-41-33-52(4)34-42-62/h17-22,25-28,31-50H,11-16,23-24,29-30H2,1-10H3. The van der Waals surface area contributed by atoms with Crippen molar-refractivity contribution in [1.82, 2.24) is 0 Å². The Labute approximate surface area is 497 Å². The largest absolute Gasteiger partial charge is 0.310 e.